The molecule has 0 bridgehead atoms. The molecule has 4 nitrogen and oxygen atoms in total. The van der Waals surface area contributed by atoms with E-state index in [1.807, 2.05) is 0 Å². The van der Waals surface area contributed by atoms with Crippen LogP contribution in [-0.4, -0.2) is 19.4 Å². The Morgan fingerprint density at radius 1 is 1.15 bits per heavy atom. The fraction of sp³-hybridized carbons (Fsp3) is 0.154. The number of pyridine rings is 1. The van der Waals surface area contributed by atoms with Crippen molar-refractivity contribution in [1.29, 1.82) is 0 Å². The molecule has 0 aromatic carbocycles. The van der Waals surface area contributed by atoms with Gasteiger partial charge in [-0.15, -0.1) is 0 Å². The van der Waals surface area contributed by atoms with Crippen molar-refractivity contribution in [3.8, 4) is 11.3 Å². The Kier molecular flexibility index (Phi) is 2.70. The number of hydrogen-bond donors (Lipinski definition) is 0. The van der Waals surface area contributed by atoms with Crippen LogP contribution < -0.4 is 0 Å². The lowest BCUT2D eigenvalue weighted by molar-refractivity contribution is -0.141. The molecule has 0 fully saturated rings. The molecule has 0 aliphatic carbocycles. The number of nitrogens with zero attached hydrogens (tertiary/aromatic N) is 4. The lowest BCUT2D eigenvalue weighted by Crippen LogP contribution is -2.07. The minimum absolute atomic E-state index is 0.500. The van der Waals surface area contributed by atoms with E-state index in [-0.39, 0.29) is 0 Å². The molecule has 0 aliphatic rings. The third kappa shape index (κ3) is 2.01. The quantitative estimate of drug-likeness (QED) is 0.687. The molecule has 0 saturated heterocycles. The van der Waals surface area contributed by atoms with Gasteiger partial charge in [0.2, 0.25) is 5.78 Å². The Balaban J connectivity index is 2.14. The van der Waals surface area contributed by atoms with Crippen LogP contribution in [0.5, 0.6) is 0 Å². The van der Waals surface area contributed by atoms with E-state index in [1.54, 1.807) is 29.8 Å². The molecule has 3 rings (SSSR count). The number of alkyl halides is 3. The molecule has 3 heterocycles. The fourth-order valence-corrected chi connectivity index (χ4v) is 2.05. The Labute approximate surface area is 111 Å². The van der Waals surface area contributed by atoms with E-state index < -0.39 is 11.9 Å². The summed E-state index contributed by atoms with van der Waals surface area (Å²) in [6.07, 6.45) is 0.132. The molecular weight excluding hydrogens is 269 g/mol. The first-order chi connectivity index (χ1) is 9.47. The van der Waals surface area contributed by atoms with Gasteiger partial charge in [-0.25, -0.2) is 9.97 Å². The van der Waals surface area contributed by atoms with Crippen LogP contribution in [0.1, 0.15) is 11.4 Å². The van der Waals surface area contributed by atoms with Crippen molar-refractivity contribution in [1.82, 2.24) is 19.4 Å². The van der Waals surface area contributed by atoms with Gasteiger partial charge >= 0.3 is 6.18 Å². The maximum absolute atomic E-state index is 12.5. The van der Waals surface area contributed by atoms with Gasteiger partial charge in [0.1, 0.15) is 5.69 Å². The van der Waals surface area contributed by atoms with Crippen LogP contribution in [0, 0.1) is 6.92 Å². The average molecular weight is 278 g/mol. The minimum atomic E-state index is -4.44. The third-order valence-electron chi connectivity index (χ3n) is 2.91. The van der Waals surface area contributed by atoms with Crippen LogP contribution in [0.25, 0.3) is 17.0 Å². The number of halogens is 3. The Hall–Kier alpha value is -2.44. The van der Waals surface area contributed by atoms with Gasteiger partial charge in [0.15, 0.2) is 0 Å². The molecule has 20 heavy (non-hydrogen) atoms. The summed E-state index contributed by atoms with van der Waals surface area (Å²) in [7, 11) is 0. The van der Waals surface area contributed by atoms with Gasteiger partial charge in [0.05, 0.1) is 11.4 Å². The lowest BCUT2D eigenvalue weighted by atomic mass is 10.1. The highest BCUT2D eigenvalue weighted by molar-refractivity contribution is 5.65. The molecule has 102 valence electrons. The van der Waals surface area contributed by atoms with E-state index in [0.717, 1.165) is 6.07 Å². The second kappa shape index (κ2) is 4.29. The molecule has 3 aromatic rings. The maximum Gasteiger partial charge on any atom is 0.433 e. The zero-order valence-corrected chi connectivity index (χ0v) is 10.4. The van der Waals surface area contributed by atoms with Gasteiger partial charge in [-0.3, -0.25) is 9.38 Å². The summed E-state index contributed by atoms with van der Waals surface area (Å²) < 4.78 is 39.2. The van der Waals surface area contributed by atoms with E-state index in [0.29, 0.717) is 22.7 Å². The van der Waals surface area contributed by atoms with Gasteiger partial charge in [-0.05, 0) is 25.1 Å². The predicted octanol–water partition coefficient (Wildman–Crippen LogP) is 3.12. The molecule has 0 radical (unpaired) electrons. The van der Waals surface area contributed by atoms with Crippen LogP contribution in [0.3, 0.4) is 0 Å². The third-order valence-corrected chi connectivity index (χ3v) is 2.91. The number of aromatic nitrogens is 4. The smallest absolute Gasteiger partial charge is 0.283 e. The SMILES string of the molecule is Cc1nc2ncccn2c1-c1ccc(C(F)(F)F)nc1. The highest BCUT2D eigenvalue weighted by Gasteiger charge is 2.32. The number of fused-ring (bicyclic) bond motifs is 1. The zero-order chi connectivity index (χ0) is 14.3. The van der Waals surface area contributed by atoms with Crippen molar-refractivity contribution in [3.63, 3.8) is 0 Å². The van der Waals surface area contributed by atoms with Gasteiger partial charge < -0.3 is 0 Å². The number of hydrogen-bond acceptors (Lipinski definition) is 3. The molecule has 0 unspecified atom stereocenters. The summed E-state index contributed by atoms with van der Waals surface area (Å²) in [4.78, 5) is 11.8. The first-order valence-electron chi connectivity index (χ1n) is 5.80. The highest BCUT2D eigenvalue weighted by atomic mass is 19.4. The number of rotatable bonds is 1. The summed E-state index contributed by atoms with van der Waals surface area (Å²) >= 11 is 0. The summed E-state index contributed by atoms with van der Waals surface area (Å²) in [6, 6.07) is 4.08. The maximum atomic E-state index is 12.5. The Morgan fingerprint density at radius 3 is 2.60 bits per heavy atom. The monoisotopic (exact) mass is 278 g/mol. The van der Waals surface area contributed by atoms with Crippen molar-refractivity contribution in [2.24, 2.45) is 0 Å². The van der Waals surface area contributed by atoms with Gasteiger partial charge in [0.25, 0.3) is 0 Å². The van der Waals surface area contributed by atoms with Crippen molar-refractivity contribution in [2.45, 2.75) is 13.1 Å². The molecule has 0 saturated carbocycles. The highest BCUT2D eigenvalue weighted by Crippen LogP contribution is 2.29. The molecule has 0 aliphatic heterocycles. The average Bonchev–Trinajstić information content (AvgIpc) is 2.73. The standard InChI is InChI=1S/C13H9F3N4/c1-8-11(20-6-2-5-17-12(20)19-8)9-3-4-10(18-7-9)13(14,15)16/h2-7H,1H3. The fourth-order valence-electron chi connectivity index (χ4n) is 2.05. The molecule has 0 amide bonds. The van der Waals surface area contributed by atoms with Crippen LogP contribution in [0.15, 0.2) is 36.8 Å². The van der Waals surface area contributed by atoms with E-state index in [4.69, 9.17) is 0 Å². The summed E-state index contributed by atoms with van der Waals surface area (Å²) in [5.74, 6) is 0.500. The van der Waals surface area contributed by atoms with E-state index >= 15 is 0 Å². The minimum Gasteiger partial charge on any atom is -0.283 e. The van der Waals surface area contributed by atoms with E-state index in [1.165, 1.54) is 12.3 Å². The predicted molar refractivity (Wildman–Crippen MR) is 66.0 cm³/mol. The summed E-state index contributed by atoms with van der Waals surface area (Å²) in [5.41, 5.74) is 1.03. The van der Waals surface area contributed by atoms with Gasteiger partial charge in [-0.1, -0.05) is 0 Å². The summed E-state index contributed by atoms with van der Waals surface area (Å²) in [5, 5.41) is 0. The molecule has 7 heteroatoms. The van der Waals surface area contributed by atoms with Crippen molar-refractivity contribution >= 4 is 5.78 Å². The van der Waals surface area contributed by atoms with E-state index in [2.05, 4.69) is 15.0 Å². The van der Waals surface area contributed by atoms with Crippen LogP contribution >= 0.6 is 0 Å². The van der Waals surface area contributed by atoms with Crippen LogP contribution in [0.4, 0.5) is 13.2 Å². The summed E-state index contributed by atoms with van der Waals surface area (Å²) in [6.45, 7) is 1.78. The first-order valence-corrected chi connectivity index (χ1v) is 5.80. The Morgan fingerprint density at radius 2 is 1.95 bits per heavy atom. The number of imidazole rings is 1. The lowest BCUT2D eigenvalue weighted by Gasteiger charge is -2.07. The van der Waals surface area contributed by atoms with Crippen LogP contribution in [-0.2, 0) is 6.18 Å². The van der Waals surface area contributed by atoms with Crippen LogP contribution in [0.2, 0.25) is 0 Å². The molecule has 0 atom stereocenters. The molecular formula is C13H9F3N4. The normalized spacial score (nSPS) is 12.0. The largest absolute Gasteiger partial charge is 0.433 e. The molecule has 3 aromatic heterocycles. The van der Waals surface area contributed by atoms with E-state index in [9.17, 15) is 13.2 Å². The van der Waals surface area contributed by atoms with Gasteiger partial charge in [-0.2, -0.15) is 13.2 Å². The molecule has 0 spiro atoms. The molecule has 0 N–H and O–H groups in total. The van der Waals surface area contributed by atoms with Crippen molar-refractivity contribution in [2.75, 3.05) is 0 Å². The van der Waals surface area contributed by atoms with Crippen molar-refractivity contribution < 1.29 is 13.2 Å². The topological polar surface area (TPSA) is 43.1 Å². The Bertz CT molecular complexity index is 759. The number of aryl methyl sites for hydroxylation is 1. The zero-order valence-electron chi connectivity index (χ0n) is 10.4. The van der Waals surface area contributed by atoms with Gasteiger partial charge in [0, 0.05) is 24.2 Å². The van der Waals surface area contributed by atoms with Crippen molar-refractivity contribution in [3.05, 3.63) is 48.2 Å². The second-order valence-electron chi connectivity index (χ2n) is 4.27. The second-order valence-corrected chi connectivity index (χ2v) is 4.27. The first kappa shape index (κ1) is 12.6.